The van der Waals surface area contributed by atoms with Crippen molar-refractivity contribution >= 4 is 0 Å². The smallest absolute Gasteiger partial charge is 0.0174 e. The molecule has 1 N–H and O–H groups in total. The second-order valence-electron chi connectivity index (χ2n) is 6.18. The lowest BCUT2D eigenvalue weighted by Gasteiger charge is -2.43. The van der Waals surface area contributed by atoms with Gasteiger partial charge in [0.05, 0.1) is 0 Å². The maximum atomic E-state index is 3.47. The lowest BCUT2D eigenvalue weighted by Crippen LogP contribution is -2.53. The van der Waals surface area contributed by atoms with Crippen molar-refractivity contribution in [1.82, 2.24) is 10.2 Å². The molecule has 2 rings (SSSR count). The maximum Gasteiger partial charge on any atom is 0.0174 e. The predicted molar refractivity (Wildman–Crippen MR) is 65.1 cm³/mol. The molecular formula is C13H26N2. The Balaban J connectivity index is 1.88. The number of piperidine rings is 1. The van der Waals surface area contributed by atoms with Crippen molar-refractivity contribution in [2.45, 2.75) is 58.0 Å². The average Bonchev–Trinajstić information content (AvgIpc) is 2.98. The van der Waals surface area contributed by atoms with Gasteiger partial charge in [-0.25, -0.2) is 0 Å². The Labute approximate surface area is 94.4 Å². The molecule has 1 unspecified atom stereocenters. The van der Waals surface area contributed by atoms with Crippen LogP contribution in [0.4, 0.5) is 0 Å². The lowest BCUT2D eigenvalue weighted by atomic mass is 9.87. The van der Waals surface area contributed by atoms with E-state index in [0.717, 1.165) is 6.04 Å². The van der Waals surface area contributed by atoms with Gasteiger partial charge in [-0.1, -0.05) is 6.92 Å². The van der Waals surface area contributed by atoms with Crippen molar-refractivity contribution in [3.05, 3.63) is 0 Å². The zero-order valence-electron chi connectivity index (χ0n) is 10.8. The molecule has 0 radical (unpaired) electrons. The Morgan fingerprint density at radius 3 is 2.00 bits per heavy atom. The fourth-order valence-electron chi connectivity index (χ4n) is 2.71. The topological polar surface area (TPSA) is 15.3 Å². The van der Waals surface area contributed by atoms with E-state index in [9.17, 15) is 0 Å². The summed E-state index contributed by atoms with van der Waals surface area (Å²) in [5.74, 6) is 0. The van der Waals surface area contributed by atoms with E-state index in [4.69, 9.17) is 0 Å². The van der Waals surface area contributed by atoms with Gasteiger partial charge < -0.3 is 5.32 Å². The molecule has 1 heterocycles. The third kappa shape index (κ3) is 2.21. The largest absolute Gasteiger partial charge is 0.314 e. The highest BCUT2D eigenvalue weighted by Gasteiger charge is 2.45. The van der Waals surface area contributed by atoms with Crippen LogP contribution in [0.15, 0.2) is 0 Å². The molecule has 0 amide bonds. The van der Waals surface area contributed by atoms with Crippen LogP contribution >= 0.6 is 0 Å². The fourth-order valence-corrected chi connectivity index (χ4v) is 2.71. The summed E-state index contributed by atoms with van der Waals surface area (Å²) >= 11 is 0. The van der Waals surface area contributed by atoms with E-state index < -0.39 is 0 Å². The predicted octanol–water partition coefficient (Wildman–Crippen LogP) is 2.25. The first-order valence-corrected chi connectivity index (χ1v) is 6.42. The second kappa shape index (κ2) is 3.74. The molecule has 0 aromatic rings. The van der Waals surface area contributed by atoms with Crippen LogP contribution < -0.4 is 5.32 Å². The van der Waals surface area contributed by atoms with Gasteiger partial charge in [0.1, 0.15) is 0 Å². The molecule has 0 spiro atoms. The SMILES string of the molecule is CNC1(C)CCN(C(C)C2(C)CC2)CC1. The maximum absolute atomic E-state index is 3.47. The van der Waals surface area contributed by atoms with Crippen molar-refractivity contribution in [2.75, 3.05) is 20.1 Å². The summed E-state index contributed by atoms with van der Waals surface area (Å²) in [7, 11) is 2.10. The highest BCUT2D eigenvalue weighted by atomic mass is 15.2. The summed E-state index contributed by atoms with van der Waals surface area (Å²) in [6.45, 7) is 9.77. The normalized spacial score (nSPS) is 31.2. The molecule has 2 heteroatoms. The zero-order chi connectivity index (χ0) is 11.1. The summed E-state index contributed by atoms with van der Waals surface area (Å²) in [5.41, 5.74) is 1.04. The van der Waals surface area contributed by atoms with Crippen molar-refractivity contribution < 1.29 is 0 Å². The molecule has 1 atom stereocenters. The van der Waals surface area contributed by atoms with Gasteiger partial charge in [0.2, 0.25) is 0 Å². The van der Waals surface area contributed by atoms with Crippen LogP contribution in [0.1, 0.15) is 46.5 Å². The number of nitrogens with one attached hydrogen (secondary N) is 1. The average molecular weight is 210 g/mol. The summed E-state index contributed by atoms with van der Waals surface area (Å²) < 4.78 is 0. The van der Waals surface area contributed by atoms with E-state index in [1.165, 1.54) is 38.8 Å². The first kappa shape index (κ1) is 11.4. The minimum absolute atomic E-state index is 0.390. The van der Waals surface area contributed by atoms with Crippen molar-refractivity contribution in [3.8, 4) is 0 Å². The molecule has 15 heavy (non-hydrogen) atoms. The van der Waals surface area contributed by atoms with Gasteiger partial charge in [-0.3, -0.25) is 4.90 Å². The zero-order valence-corrected chi connectivity index (χ0v) is 10.8. The number of hydrogen-bond acceptors (Lipinski definition) is 2. The first-order chi connectivity index (χ1) is 6.99. The van der Waals surface area contributed by atoms with E-state index in [2.05, 4.69) is 38.0 Å². The second-order valence-corrected chi connectivity index (χ2v) is 6.18. The summed E-state index contributed by atoms with van der Waals surface area (Å²) in [6, 6.07) is 0.791. The molecule has 1 saturated heterocycles. The Hall–Kier alpha value is -0.0800. The molecular weight excluding hydrogens is 184 g/mol. The van der Waals surface area contributed by atoms with Crippen LogP contribution in [0.2, 0.25) is 0 Å². The van der Waals surface area contributed by atoms with Gasteiger partial charge in [-0.15, -0.1) is 0 Å². The number of likely N-dealkylation sites (tertiary alicyclic amines) is 1. The third-order valence-corrected chi connectivity index (χ3v) is 5.10. The van der Waals surface area contributed by atoms with Crippen LogP contribution in [0, 0.1) is 5.41 Å². The van der Waals surface area contributed by atoms with Gasteiger partial charge in [-0.05, 0) is 52.0 Å². The molecule has 0 aromatic carbocycles. The number of nitrogens with zero attached hydrogens (tertiary/aromatic N) is 1. The standard InChI is InChI=1S/C13H26N2/c1-11(12(2)5-6-12)15-9-7-13(3,14-4)8-10-15/h11,14H,5-10H2,1-4H3. The van der Waals surface area contributed by atoms with E-state index in [0.29, 0.717) is 11.0 Å². The highest BCUT2D eigenvalue weighted by Crippen LogP contribution is 2.50. The summed E-state index contributed by atoms with van der Waals surface area (Å²) in [4.78, 5) is 2.70. The van der Waals surface area contributed by atoms with E-state index >= 15 is 0 Å². The molecule has 0 aromatic heterocycles. The number of hydrogen-bond donors (Lipinski definition) is 1. The van der Waals surface area contributed by atoms with Crippen molar-refractivity contribution in [2.24, 2.45) is 5.41 Å². The summed E-state index contributed by atoms with van der Waals surface area (Å²) in [5, 5.41) is 3.47. The van der Waals surface area contributed by atoms with Gasteiger partial charge >= 0.3 is 0 Å². The van der Waals surface area contributed by atoms with Crippen LogP contribution in [-0.4, -0.2) is 36.6 Å². The minimum atomic E-state index is 0.390. The van der Waals surface area contributed by atoms with Crippen LogP contribution in [0.25, 0.3) is 0 Å². The van der Waals surface area contributed by atoms with E-state index in [-0.39, 0.29) is 0 Å². The Bertz CT molecular complexity index is 225. The van der Waals surface area contributed by atoms with Gasteiger partial charge in [-0.2, -0.15) is 0 Å². The third-order valence-electron chi connectivity index (χ3n) is 5.10. The van der Waals surface area contributed by atoms with Crippen LogP contribution in [0.5, 0.6) is 0 Å². The molecule has 1 saturated carbocycles. The molecule has 0 bridgehead atoms. The lowest BCUT2D eigenvalue weighted by molar-refractivity contribution is 0.0849. The van der Waals surface area contributed by atoms with Crippen LogP contribution in [-0.2, 0) is 0 Å². The highest BCUT2D eigenvalue weighted by molar-refractivity contribution is 5.00. The molecule has 2 aliphatic rings. The van der Waals surface area contributed by atoms with Gasteiger partial charge in [0.25, 0.3) is 0 Å². The van der Waals surface area contributed by atoms with Crippen LogP contribution in [0.3, 0.4) is 0 Å². The monoisotopic (exact) mass is 210 g/mol. The Morgan fingerprint density at radius 1 is 1.07 bits per heavy atom. The molecule has 88 valence electrons. The molecule has 2 nitrogen and oxygen atoms in total. The molecule has 2 fully saturated rings. The molecule has 1 aliphatic heterocycles. The van der Waals surface area contributed by atoms with E-state index in [1.807, 2.05) is 0 Å². The van der Waals surface area contributed by atoms with Crippen molar-refractivity contribution in [1.29, 1.82) is 0 Å². The van der Waals surface area contributed by atoms with Gasteiger partial charge in [0, 0.05) is 24.7 Å². The fraction of sp³-hybridized carbons (Fsp3) is 1.00. The quantitative estimate of drug-likeness (QED) is 0.768. The Morgan fingerprint density at radius 2 is 1.60 bits per heavy atom. The minimum Gasteiger partial charge on any atom is -0.314 e. The number of rotatable bonds is 3. The molecule has 1 aliphatic carbocycles. The summed E-state index contributed by atoms with van der Waals surface area (Å²) in [6.07, 6.45) is 5.47. The first-order valence-electron chi connectivity index (χ1n) is 6.42. The van der Waals surface area contributed by atoms with Crippen molar-refractivity contribution in [3.63, 3.8) is 0 Å². The Kier molecular flexibility index (Phi) is 2.85. The van der Waals surface area contributed by atoms with E-state index in [1.54, 1.807) is 0 Å². The van der Waals surface area contributed by atoms with Gasteiger partial charge in [0.15, 0.2) is 0 Å².